The molecule has 1 aliphatic rings. The first kappa shape index (κ1) is 24.3. The molecule has 1 aliphatic heterocycles. The summed E-state index contributed by atoms with van der Waals surface area (Å²) in [7, 11) is 5.67. The Balaban J connectivity index is 0.000000308. The third-order valence-corrected chi connectivity index (χ3v) is 6.34. The molecule has 2 aromatic carbocycles. The zero-order valence-corrected chi connectivity index (χ0v) is 20.2. The lowest BCUT2D eigenvalue weighted by atomic mass is 9.99. The fraction of sp³-hybridized carbons (Fsp3) is 0.296. The Morgan fingerprint density at radius 1 is 1.23 bits per heavy atom. The number of aryl methyl sites for hydroxylation is 1. The third kappa shape index (κ3) is 5.16. The smallest absolute Gasteiger partial charge is 0.166 e. The van der Waals surface area contributed by atoms with Crippen LogP contribution in [0.2, 0.25) is 0 Å². The molecule has 5 rings (SSSR count). The van der Waals surface area contributed by atoms with Gasteiger partial charge >= 0.3 is 0 Å². The third-order valence-electron chi connectivity index (χ3n) is 6.34. The van der Waals surface area contributed by atoms with E-state index in [1.807, 2.05) is 44.6 Å². The number of carbonyl (C=O) groups is 1. The monoisotopic (exact) mass is 472 g/mol. The van der Waals surface area contributed by atoms with Crippen LogP contribution in [0.3, 0.4) is 0 Å². The first-order chi connectivity index (χ1) is 16.9. The summed E-state index contributed by atoms with van der Waals surface area (Å²) in [5.74, 6) is 0.306. The number of benzene rings is 2. The summed E-state index contributed by atoms with van der Waals surface area (Å²) in [6.45, 7) is 3.60. The quantitative estimate of drug-likeness (QED) is 0.431. The van der Waals surface area contributed by atoms with Crippen LogP contribution in [0, 0.1) is 23.1 Å². The van der Waals surface area contributed by atoms with Crippen molar-refractivity contribution in [3.63, 3.8) is 0 Å². The summed E-state index contributed by atoms with van der Waals surface area (Å²) in [6.07, 6.45) is 4.04. The topological polar surface area (TPSA) is 87.7 Å². The maximum atomic E-state index is 14.2. The molecule has 8 heteroatoms. The standard InChI is InChI=1S/C21H15FN4O.C6H14N2/c1-25-11-16-7-14(5-6-20(16)24-25)21-18(9-17(12-27)26(21)2)13-3-4-15(10-23)19(22)8-13;1-7-4-6-2-3-8-5-6/h3-9,11-12H,1-2H3;6-8H,2-5H2,1H3. The number of aromatic nitrogens is 3. The van der Waals surface area contributed by atoms with Crippen LogP contribution >= 0.6 is 0 Å². The molecule has 1 atom stereocenters. The number of hydrogen-bond donors (Lipinski definition) is 2. The minimum atomic E-state index is -0.583. The van der Waals surface area contributed by atoms with Crippen molar-refractivity contribution >= 4 is 17.2 Å². The van der Waals surface area contributed by atoms with Crippen LogP contribution in [0.4, 0.5) is 4.39 Å². The SMILES string of the molecule is CNCC1CCNC1.Cn1cc2cc(-c3c(-c4ccc(C#N)c(F)c4)cc(C=O)n3C)ccc2n1. The molecule has 0 radical (unpaired) electrons. The van der Waals surface area contributed by atoms with Crippen molar-refractivity contribution in [3.05, 3.63) is 65.7 Å². The summed E-state index contributed by atoms with van der Waals surface area (Å²) in [6, 6.07) is 13.9. The zero-order valence-electron chi connectivity index (χ0n) is 20.2. The predicted molar refractivity (Wildman–Crippen MR) is 136 cm³/mol. The molecule has 3 heterocycles. The van der Waals surface area contributed by atoms with Crippen LogP contribution in [0.15, 0.2) is 48.7 Å². The molecule has 0 bridgehead atoms. The average molecular weight is 473 g/mol. The van der Waals surface area contributed by atoms with Gasteiger partial charge in [-0.1, -0.05) is 12.1 Å². The van der Waals surface area contributed by atoms with Crippen LogP contribution in [-0.2, 0) is 14.1 Å². The highest BCUT2D eigenvalue weighted by Gasteiger charge is 2.18. The summed E-state index contributed by atoms with van der Waals surface area (Å²) in [5, 5.41) is 20.8. The van der Waals surface area contributed by atoms with E-state index in [1.54, 1.807) is 28.4 Å². The molecule has 2 N–H and O–H groups in total. The molecular formula is C27H29FN6O. The van der Waals surface area contributed by atoms with E-state index < -0.39 is 5.82 Å². The highest BCUT2D eigenvalue weighted by molar-refractivity contribution is 5.91. The first-order valence-electron chi connectivity index (χ1n) is 11.6. The summed E-state index contributed by atoms with van der Waals surface area (Å²) < 4.78 is 17.7. The van der Waals surface area contributed by atoms with Gasteiger partial charge in [0.1, 0.15) is 11.9 Å². The van der Waals surface area contributed by atoms with Crippen LogP contribution in [0.5, 0.6) is 0 Å². The second-order valence-corrected chi connectivity index (χ2v) is 8.81. The molecule has 1 saturated heterocycles. The van der Waals surface area contributed by atoms with E-state index in [9.17, 15) is 9.18 Å². The maximum Gasteiger partial charge on any atom is 0.166 e. The van der Waals surface area contributed by atoms with Crippen molar-refractivity contribution in [1.82, 2.24) is 25.0 Å². The van der Waals surface area contributed by atoms with Crippen LogP contribution in [0.25, 0.3) is 33.3 Å². The predicted octanol–water partition coefficient (Wildman–Crippen LogP) is 3.88. The van der Waals surface area contributed by atoms with Crippen molar-refractivity contribution in [2.45, 2.75) is 6.42 Å². The number of carbonyl (C=O) groups excluding carboxylic acids is 1. The molecule has 0 spiro atoms. The van der Waals surface area contributed by atoms with Crippen LogP contribution in [0.1, 0.15) is 22.5 Å². The van der Waals surface area contributed by atoms with Gasteiger partial charge in [0.15, 0.2) is 6.29 Å². The van der Waals surface area contributed by atoms with E-state index in [-0.39, 0.29) is 5.56 Å². The molecule has 1 unspecified atom stereocenters. The van der Waals surface area contributed by atoms with Gasteiger partial charge in [-0.15, -0.1) is 0 Å². The summed E-state index contributed by atoms with van der Waals surface area (Å²) in [5.41, 5.74) is 4.37. The van der Waals surface area contributed by atoms with Crippen molar-refractivity contribution in [2.75, 3.05) is 26.7 Å². The van der Waals surface area contributed by atoms with Gasteiger partial charge in [0.2, 0.25) is 0 Å². The Kier molecular flexibility index (Phi) is 7.39. The molecule has 2 aromatic heterocycles. The van der Waals surface area contributed by atoms with Gasteiger partial charge in [-0.2, -0.15) is 10.4 Å². The molecule has 0 aliphatic carbocycles. The number of nitrogens with zero attached hydrogens (tertiary/aromatic N) is 4. The summed E-state index contributed by atoms with van der Waals surface area (Å²) >= 11 is 0. The number of fused-ring (bicyclic) bond motifs is 1. The van der Waals surface area contributed by atoms with E-state index in [4.69, 9.17) is 5.26 Å². The normalized spacial score (nSPS) is 15.0. The largest absolute Gasteiger partial charge is 0.341 e. The van der Waals surface area contributed by atoms with E-state index in [2.05, 4.69) is 15.7 Å². The molecule has 0 amide bonds. The van der Waals surface area contributed by atoms with Crippen molar-refractivity contribution < 1.29 is 9.18 Å². The molecule has 4 aromatic rings. The Labute approximate surface area is 204 Å². The first-order valence-corrected chi connectivity index (χ1v) is 11.6. The van der Waals surface area contributed by atoms with Crippen molar-refractivity contribution in [3.8, 4) is 28.5 Å². The van der Waals surface area contributed by atoms with Crippen LogP contribution in [-0.4, -0.2) is 47.3 Å². The van der Waals surface area contributed by atoms with Gasteiger partial charge < -0.3 is 15.2 Å². The van der Waals surface area contributed by atoms with Crippen molar-refractivity contribution in [1.29, 1.82) is 5.26 Å². The highest BCUT2D eigenvalue weighted by atomic mass is 19.1. The maximum absolute atomic E-state index is 14.2. The molecule has 0 saturated carbocycles. The zero-order chi connectivity index (χ0) is 24.9. The average Bonchev–Trinajstić information content (AvgIpc) is 3.57. The number of halogens is 1. The van der Waals surface area contributed by atoms with Crippen LogP contribution < -0.4 is 10.6 Å². The van der Waals surface area contributed by atoms with Crippen molar-refractivity contribution in [2.24, 2.45) is 20.0 Å². The number of hydrogen-bond acceptors (Lipinski definition) is 5. The van der Waals surface area contributed by atoms with Gasteiger partial charge in [0.25, 0.3) is 0 Å². The van der Waals surface area contributed by atoms with Gasteiger partial charge in [-0.25, -0.2) is 4.39 Å². The van der Waals surface area contributed by atoms with E-state index >= 15 is 0 Å². The lowest BCUT2D eigenvalue weighted by Crippen LogP contribution is -2.20. The minimum Gasteiger partial charge on any atom is -0.341 e. The summed E-state index contributed by atoms with van der Waals surface area (Å²) in [4.78, 5) is 11.5. The Morgan fingerprint density at radius 2 is 2.03 bits per heavy atom. The number of aldehydes is 1. The van der Waals surface area contributed by atoms with E-state index in [1.165, 1.54) is 38.2 Å². The van der Waals surface area contributed by atoms with Gasteiger partial charge in [-0.05, 0) is 80.5 Å². The Morgan fingerprint density at radius 3 is 2.69 bits per heavy atom. The molecule has 35 heavy (non-hydrogen) atoms. The number of nitriles is 1. The Bertz CT molecular complexity index is 1390. The number of rotatable bonds is 5. The lowest BCUT2D eigenvalue weighted by Gasteiger charge is -2.10. The second kappa shape index (κ2) is 10.6. The highest BCUT2D eigenvalue weighted by Crippen LogP contribution is 2.36. The van der Waals surface area contributed by atoms with Gasteiger partial charge in [0, 0.05) is 31.2 Å². The van der Waals surface area contributed by atoms with Gasteiger partial charge in [0.05, 0.1) is 22.5 Å². The Hall–Kier alpha value is -3.80. The van der Waals surface area contributed by atoms with Gasteiger partial charge in [-0.3, -0.25) is 9.48 Å². The molecule has 180 valence electrons. The molecule has 1 fully saturated rings. The van der Waals surface area contributed by atoms with E-state index in [0.717, 1.165) is 39.9 Å². The minimum absolute atomic E-state index is 0.0105. The van der Waals surface area contributed by atoms with E-state index in [0.29, 0.717) is 11.3 Å². The fourth-order valence-electron chi connectivity index (χ4n) is 4.55. The second-order valence-electron chi connectivity index (χ2n) is 8.81. The fourth-order valence-corrected chi connectivity index (χ4v) is 4.55. The number of nitrogens with one attached hydrogen (secondary N) is 2. The lowest BCUT2D eigenvalue weighted by molar-refractivity contribution is 0.111. The molecular weight excluding hydrogens is 443 g/mol. The molecule has 7 nitrogen and oxygen atoms in total.